The third-order valence-electron chi connectivity index (χ3n) is 3.68. The lowest BCUT2D eigenvalue weighted by molar-refractivity contribution is -0.149. The molecule has 1 amide bonds. The topological polar surface area (TPSA) is 57.6 Å². The standard InChI is InChI=1S/C13H23NO3/c1-4-5-9(2)12(15)14-7-6-11(13(16)17)10(3)8-14/h9-11H,4-8H2,1-3H3,(H,16,17). The van der Waals surface area contributed by atoms with Crippen molar-refractivity contribution in [1.82, 2.24) is 4.90 Å². The van der Waals surface area contributed by atoms with Crippen molar-refractivity contribution in [2.75, 3.05) is 13.1 Å². The summed E-state index contributed by atoms with van der Waals surface area (Å²) in [5, 5.41) is 9.02. The Hall–Kier alpha value is -1.06. The summed E-state index contributed by atoms with van der Waals surface area (Å²) in [5.74, 6) is -0.720. The molecule has 1 N–H and O–H groups in total. The van der Waals surface area contributed by atoms with Gasteiger partial charge >= 0.3 is 5.97 Å². The first-order chi connectivity index (χ1) is 7.97. The van der Waals surface area contributed by atoms with Crippen LogP contribution in [0.1, 0.15) is 40.0 Å². The number of piperidine rings is 1. The maximum absolute atomic E-state index is 12.1. The Bertz CT molecular complexity index is 290. The van der Waals surface area contributed by atoms with Crippen LogP contribution in [-0.4, -0.2) is 35.0 Å². The Kier molecular flexibility index (Phi) is 4.97. The summed E-state index contributed by atoms with van der Waals surface area (Å²) < 4.78 is 0. The zero-order valence-corrected chi connectivity index (χ0v) is 11.0. The second-order valence-electron chi connectivity index (χ2n) is 5.18. The summed E-state index contributed by atoms with van der Waals surface area (Å²) >= 11 is 0. The van der Waals surface area contributed by atoms with Gasteiger partial charge in [0.05, 0.1) is 5.92 Å². The average Bonchev–Trinajstić information content (AvgIpc) is 2.27. The number of hydrogen-bond acceptors (Lipinski definition) is 2. The van der Waals surface area contributed by atoms with E-state index in [1.165, 1.54) is 0 Å². The number of likely N-dealkylation sites (tertiary alicyclic amines) is 1. The van der Waals surface area contributed by atoms with Crippen molar-refractivity contribution in [2.24, 2.45) is 17.8 Å². The summed E-state index contributed by atoms with van der Waals surface area (Å²) in [6, 6.07) is 0. The second kappa shape index (κ2) is 6.03. The van der Waals surface area contributed by atoms with Gasteiger partial charge in [-0.2, -0.15) is 0 Å². The molecule has 3 unspecified atom stereocenters. The van der Waals surface area contributed by atoms with Crippen LogP contribution in [0.25, 0.3) is 0 Å². The first-order valence-corrected chi connectivity index (χ1v) is 6.49. The quantitative estimate of drug-likeness (QED) is 0.819. The van der Waals surface area contributed by atoms with Crippen molar-refractivity contribution in [3.05, 3.63) is 0 Å². The van der Waals surface area contributed by atoms with Crippen molar-refractivity contribution in [3.8, 4) is 0 Å². The number of rotatable bonds is 4. The number of carbonyl (C=O) groups is 2. The van der Waals surface area contributed by atoms with Crippen molar-refractivity contribution < 1.29 is 14.7 Å². The van der Waals surface area contributed by atoms with E-state index in [0.717, 1.165) is 12.8 Å². The van der Waals surface area contributed by atoms with E-state index in [9.17, 15) is 9.59 Å². The third-order valence-corrected chi connectivity index (χ3v) is 3.68. The molecule has 4 heteroatoms. The van der Waals surface area contributed by atoms with Gasteiger partial charge in [-0.1, -0.05) is 27.2 Å². The molecule has 0 aliphatic carbocycles. The number of hydrogen-bond donors (Lipinski definition) is 1. The second-order valence-corrected chi connectivity index (χ2v) is 5.18. The van der Waals surface area contributed by atoms with Crippen LogP contribution in [-0.2, 0) is 9.59 Å². The first-order valence-electron chi connectivity index (χ1n) is 6.49. The van der Waals surface area contributed by atoms with Gasteiger partial charge in [0, 0.05) is 19.0 Å². The van der Waals surface area contributed by atoms with E-state index in [1.807, 2.05) is 18.7 Å². The molecule has 1 aliphatic heterocycles. The van der Waals surface area contributed by atoms with Crippen LogP contribution in [0.5, 0.6) is 0 Å². The van der Waals surface area contributed by atoms with Crippen molar-refractivity contribution in [2.45, 2.75) is 40.0 Å². The highest BCUT2D eigenvalue weighted by Crippen LogP contribution is 2.25. The maximum Gasteiger partial charge on any atom is 0.306 e. The fourth-order valence-corrected chi connectivity index (χ4v) is 2.58. The minimum atomic E-state index is -0.730. The minimum Gasteiger partial charge on any atom is -0.481 e. The zero-order chi connectivity index (χ0) is 13.0. The lowest BCUT2D eigenvalue weighted by Crippen LogP contribution is -2.46. The van der Waals surface area contributed by atoms with Crippen molar-refractivity contribution >= 4 is 11.9 Å². The molecule has 3 atom stereocenters. The van der Waals surface area contributed by atoms with Crippen LogP contribution >= 0.6 is 0 Å². The third kappa shape index (κ3) is 3.45. The van der Waals surface area contributed by atoms with Crippen molar-refractivity contribution in [1.29, 1.82) is 0 Å². The van der Waals surface area contributed by atoms with Gasteiger partial charge in [-0.3, -0.25) is 9.59 Å². The number of aliphatic carboxylic acids is 1. The molecule has 1 fully saturated rings. The van der Waals surface area contributed by atoms with E-state index >= 15 is 0 Å². The molecule has 0 aromatic rings. The van der Waals surface area contributed by atoms with E-state index in [2.05, 4.69) is 6.92 Å². The summed E-state index contributed by atoms with van der Waals surface area (Å²) in [6.45, 7) is 7.13. The fourth-order valence-electron chi connectivity index (χ4n) is 2.58. The van der Waals surface area contributed by atoms with Gasteiger partial charge in [0.2, 0.25) is 5.91 Å². The molecule has 17 heavy (non-hydrogen) atoms. The van der Waals surface area contributed by atoms with Gasteiger partial charge < -0.3 is 10.0 Å². The maximum atomic E-state index is 12.1. The van der Waals surface area contributed by atoms with Crippen LogP contribution in [0.3, 0.4) is 0 Å². The molecule has 98 valence electrons. The Morgan fingerprint density at radius 1 is 1.47 bits per heavy atom. The largest absolute Gasteiger partial charge is 0.481 e. The predicted octanol–water partition coefficient (Wildman–Crippen LogP) is 1.99. The number of carboxylic acid groups (broad SMARTS) is 1. The molecule has 0 radical (unpaired) electrons. The molecule has 4 nitrogen and oxygen atoms in total. The highest BCUT2D eigenvalue weighted by Gasteiger charge is 2.33. The molecule has 1 aliphatic rings. The van der Waals surface area contributed by atoms with Gasteiger partial charge in [0.1, 0.15) is 0 Å². The minimum absolute atomic E-state index is 0.0547. The molecule has 1 heterocycles. The van der Waals surface area contributed by atoms with Gasteiger partial charge in [0.15, 0.2) is 0 Å². The number of carboxylic acids is 1. The molecule has 1 rings (SSSR count). The van der Waals surface area contributed by atoms with Crippen LogP contribution < -0.4 is 0 Å². The Morgan fingerprint density at radius 2 is 2.12 bits per heavy atom. The van der Waals surface area contributed by atoms with E-state index in [-0.39, 0.29) is 23.7 Å². The van der Waals surface area contributed by atoms with Crippen LogP contribution in [0.4, 0.5) is 0 Å². The number of nitrogens with zero attached hydrogens (tertiary/aromatic N) is 1. The van der Waals surface area contributed by atoms with E-state index < -0.39 is 5.97 Å². The molecule has 0 aromatic carbocycles. The zero-order valence-electron chi connectivity index (χ0n) is 11.0. The summed E-state index contributed by atoms with van der Waals surface area (Å²) in [5.41, 5.74) is 0. The highest BCUT2D eigenvalue weighted by atomic mass is 16.4. The lowest BCUT2D eigenvalue weighted by Gasteiger charge is -2.36. The Balaban J connectivity index is 2.54. The highest BCUT2D eigenvalue weighted by molar-refractivity contribution is 5.79. The van der Waals surface area contributed by atoms with E-state index in [4.69, 9.17) is 5.11 Å². The molecular weight excluding hydrogens is 218 g/mol. The summed E-state index contributed by atoms with van der Waals surface area (Å²) in [4.78, 5) is 24.9. The Labute approximate surface area is 103 Å². The lowest BCUT2D eigenvalue weighted by atomic mass is 9.86. The predicted molar refractivity (Wildman–Crippen MR) is 65.6 cm³/mol. The van der Waals surface area contributed by atoms with Gasteiger partial charge in [-0.05, 0) is 18.8 Å². The molecular formula is C13H23NO3. The van der Waals surface area contributed by atoms with E-state index in [0.29, 0.717) is 19.5 Å². The van der Waals surface area contributed by atoms with E-state index in [1.54, 1.807) is 0 Å². The molecule has 0 saturated carbocycles. The van der Waals surface area contributed by atoms with Gasteiger partial charge in [-0.15, -0.1) is 0 Å². The van der Waals surface area contributed by atoms with Crippen molar-refractivity contribution in [3.63, 3.8) is 0 Å². The summed E-state index contributed by atoms with van der Waals surface area (Å²) in [6.07, 6.45) is 2.50. The number of amides is 1. The molecule has 0 bridgehead atoms. The smallest absolute Gasteiger partial charge is 0.306 e. The van der Waals surface area contributed by atoms with Gasteiger partial charge in [-0.25, -0.2) is 0 Å². The van der Waals surface area contributed by atoms with Crippen LogP contribution in [0.15, 0.2) is 0 Å². The average molecular weight is 241 g/mol. The Morgan fingerprint density at radius 3 is 2.59 bits per heavy atom. The monoisotopic (exact) mass is 241 g/mol. The fraction of sp³-hybridized carbons (Fsp3) is 0.846. The molecule has 0 spiro atoms. The molecule has 1 saturated heterocycles. The molecule has 0 aromatic heterocycles. The normalized spacial score (nSPS) is 26.6. The van der Waals surface area contributed by atoms with Gasteiger partial charge in [0.25, 0.3) is 0 Å². The van der Waals surface area contributed by atoms with Crippen LogP contribution in [0, 0.1) is 17.8 Å². The summed E-state index contributed by atoms with van der Waals surface area (Å²) in [7, 11) is 0. The number of carbonyl (C=O) groups excluding carboxylic acids is 1. The van der Waals surface area contributed by atoms with Crippen LogP contribution in [0.2, 0.25) is 0 Å². The first kappa shape index (κ1) is 14.0. The SMILES string of the molecule is CCCC(C)C(=O)N1CCC(C(=O)O)C(C)C1.